The van der Waals surface area contributed by atoms with Crippen LogP contribution in [0, 0.1) is 47.3 Å². The topological polar surface area (TPSA) is 161 Å². The summed E-state index contributed by atoms with van der Waals surface area (Å²) in [6, 6.07) is 0.878. The SMILES string of the molecule is BrC1CCCC1.CC(CCC(=O)OC(C)(C)C)CC(=O)C1CCCC1.CC1CCC(=O)N(C(=O)OC(C)(C)C)C1.CC1CCC(=O)NC1.CC1CCC(C2CCCC2)=NC1.CC1CCC(C2CCCC2)NC1.O=CC(F)(F)F.[B].[H-].[H-].[H-].[Mg+2].[Na+]. The third-order valence-corrected chi connectivity index (χ3v) is 16.7. The van der Waals surface area contributed by atoms with Crippen LogP contribution < -0.4 is 40.2 Å². The molecule has 0 spiro atoms. The summed E-state index contributed by atoms with van der Waals surface area (Å²) in [5.74, 6) is 5.63. The van der Waals surface area contributed by atoms with E-state index in [1.165, 1.54) is 127 Å². The Labute approximate surface area is 542 Å². The van der Waals surface area contributed by atoms with Crippen LogP contribution >= 0.6 is 15.9 Å². The summed E-state index contributed by atoms with van der Waals surface area (Å²) in [6.07, 6.45) is 26.1. The van der Waals surface area contributed by atoms with Gasteiger partial charge in [0, 0.05) is 76.2 Å². The molecule has 19 heteroatoms. The number of ketones is 1. The van der Waals surface area contributed by atoms with Gasteiger partial charge in [-0.3, -0.25) is 29.0 Å². The number of rotatable bonds is 8. The molecule has 8 aliphatic rings. The number of hydrogen-bond donors (Lipinski definition) is 2. The van der Waals surface area contributed by atoms with Gasteiger partial charge < -0.3 is 24.4 Å². The average molecular weight is 1240 g/mol. The van der Waals surface area contributed by atoms with Gasteiger partial charge in [0.2, 0.25) is 18.1 Å². The molecule has 0 aromatic rings. The van der Waals surface area contributed by atoms with E-state index in [9.17, 15) is 37.1 Å². The van der Waals surface area contributed by atoms with Gasteiger partial charge in [0.25, 0.3) is 0 Å². The number of esters is 1. The largest absolute Gasteiger partial charge is 2.00 e. The smallest absolute Gasteiger partial charge is 1.00 e. The standard InChI is InChI=1S/C16H28O3.C11H19NO3.C11H21N.C11H19N.C6H11NO.C5H9Br.C2HF3O.B.Mg.Na.3H/c1-12(9-10-15(18)19-16(2,3)4)11-14(17)13-7-5-6-8-13;1-8-5-6-9(13)12(7-8)10(14)15-11(2,3)4;2*1-9-6-7-11(12-8-9)10-4-2-3-5-10;1-5-2-3-6(8)7-4-5;6-5-3-1-2-4-5;3-2(4,5)1-6;;;;;;/h12-13H,5-11H2,1-4H3;8H,5-7H2,1-4H3;9-12H,2-8H2,1H3;9-10H,2-8H2,1H3;5H,2-4H2,1H3,(H,7,8);5H,1-4H2;1H;;;;;;/q;;;;;;;;+2;+1;3*-1. The number of alkyl halides is 4. The minimum absolute atomic E-state index is 0. The maximum Gasteiger partial charge on any atom is 2.00 e. The Bertz CT molecular complexity index is 1800. The summed E-state index contributed by atoms with van der Waals surface area (Å²) >= 11 is 3.54. The van der Waals surface area contributed by atoms with Crippen LogP contribution in [0.1, 0.15) is 254 Å². The Hall–Kier alpha value is -1.05. The van der Waals surface area contributed by atoms with Gasteiger partial charge in [0.1, 0.15) is 17.0 Å². The van der Waals surface area contributed by atoms with Gasteiger partial charge in [-0.25, -0.2) is 9.69 Å². The first-order chi connectivity index (χ1) is 36.5. The molecule has 6 atom stereocenters. The van der Waals surface area contributed by atoms with E-state index >= 15 is 0 Å². The fourth-order valence-corrected chi connectivity index (χ4v) is 11.7. The molecule has 3 saturated heterocycles. The van der Waals surface area contributed by atoms with Crippen molar-refractivity contribution in [2.45, 2.75) is 278 Å². The third kappa shape index (κ3) is 40.1. The molecule has 3 amide bonds. The van der Waals surface area contributed by atoms with Gasteiger partial charge in [-0.15, -0.1) is 0 Å². The van der Waals surface area contributed by atoms with Gasteiger partial charge in [0.05, 0.1) is 0 Å². The van der Waals surface area contributed by atoms with Crippen molar-refractivity contribution in [3.63, 3.8) is 0 Å². The van der Waals surface area contributed by atoms with Crippen molar-refractivity contribution in [1.82, 2.24) is 15.5 Å². The van der Waals surface area contributed by atoms with E-state index in [0.29, 0.717) is 49.3 Å². The Morgan fingerprint density at radius 1 is 0.716 bits per heavy atom. The van der Waals surface area contributed by atoms with Crippen LogP contribution in [0.2, 0.25) is 0 Å². The quantitative estimate of drug-likeness (QED) is 0.104. The summed E-state index contributed by atoms with van der Waals surface area (Å²) in [5.41, 5.74) is 0.600. The van der Waals surface area contributed by atoms with Crippen molar-refractivity contribution >= 4 is 89.1 Å². The van der Waals surface area contributed by atoms with Crippen molar-refractivity contribution in [2.24, 2.45) is 52.3 Å². The number of ether oxygens (including phenoxy) is 2. The number of carbonyl (C=O) groups is 6. The predicted molar refractivity (Wildman–Crippen MR) is 327 cm³/mol. The normalized spacial score (nSPS) is 24.7. The van der Waals surface area contributed by atoms with Gasteiger partial charge in [-0.2, -0.15) is 13.2 Å². The zero-order chi connectivity index (χ0) is 58.5. The van der Waals surface area contributed by atoms with Crippen molar-refractivity contribution in [3.05, 3.63) is 0 Å². The molecule has 81 heavy (non-hydrogen) atoms. The van der Waals surface area contributed by atoms with Crippen LogP contribution in [0.5, 0.6) is 0 Å². The number of Topliss-reactive ketones (excluding diaryl/α,β-unsaturated/α-hetero) is 1. The van der Waals surface area contributed by atoms with Crippen molar-refractivity contribution in [3.8, 4) is 0 Å². The molecule has 0 aromatic carbocycles. The van der Waals surface area contributed by atoms with E-state index in [4.69, 9.17) is 19.3 Å². The van der Waals surface area contributed by atoms with Crippen molar-refractivity contribution < 1.29 is 85.2 Å². The number of aldehydes is 1. The van der Waals surface area contributed by atoms with Crippen molar-refractivity contribution in [1.29, 1.82) is 0 Å². The molecule has 12 nitrogen and oxygen atoms in total. The first-order valence-corrected chi connectivity index (χ1v) is 31.4. The Kier molecular flexibility index (Phi) is 44.1. The fourth-order valence-electron chi connectivity index (χ4n) is 11.1. The molecule has 3 radical (unpaired) electrons. The zero-order valence-corrected chi connectivity index (χ0v) is 57.7. The molecule has 7 fully saturated rings. The molecule has 4 saturated carbocycles. The van der Waals surface area contributed by atoms with E-state index in [2.05, 4.69) is 54.3 Å². The summed E-state index contributed by atoms with van der Waals surface area (Å²) in [6.45, 7) is 25.6. The second kappa shape index (κ2) is 43.6. The minimum atomic E-state index is -4.64. The monoisotopic (exact) mass is 1230 g/mol. The number of nitrogens with one attached hydrogen (secondary N) is 2. The summed E-state index contributed by atoms with van der Waals surface area (Å²) in [7, 11) is 0. The van der Waals surface area contributed by atoms with Gasteiger partial charge >= 0.3 is 70.8 Å². The van der Waals surface area contributed by atoms with E-state index in [0.717, 1.165) is 86.2 Å². The number of amides is 3. The average Bonchev–Trinajstić information content (AvgIpc) is 4.24. The second-order valence-electron chi connectivity index (χ2n) is 26.2. The number of carbonyl (C=O) groups excluding carboxylic acids is 6. The number of likely N-dealkylation sites (tertiary alicyclic amines) is 1. The molecular weight excluding hydrogens is 1120 g/mol. The molecular formula is C62H111BBrF3MgN4NaO8. The summed E-state index contributed by atoms with van der Waals surface area (Å²) in [5, 5.41) is 6.50. The number of halogens is 4. The van der Waals surface area contributed by atoms with Gasteiger partial charge in [-0.1, -0.05) is 102 Å². The van der Waals surface area contributed by atoms with Crippen LogP contribution in [-0.4, -0.2) is 132 Å². The maximum absolute atomic E-state index is 12.0. The Morgan fingerprint density at radius 2 is 1.22 bits per heavy atom. The molecule has 4 aliphatic heterocycles. The van der Waals surface area contributed by atoms with Crippen LogP contribution in [0.25, 0.3) is 0 Å². The van der Waals surface area contributed by atoms with Crippen LogP contribution in [0.3, 0.4) is 0 Å². The molecule has 2 N–H and O–H groups in total. The Morgan fingerprint density at radius 3 is 1.67 bits per heavy atom. The van der Waals surface area contributed by atoms with Crippen LogP contribution in [0.15, 0.2) is 4.99 Å². The third-order valence-electron chi connectivity index (χ3n) is 15.8. The molecule has 6 unspecified atom stereocenters. The number of piperidine rings is 3. The van der Waals surface area contributed by atoms with Crippen LogP contribution in [0.4, 0.5) is 18.0 Å². The predicted octanol–water partition coefficient (Wildman–Crippen LogP) is 11.9. The zero-order valence-electron chi connectivity index (χ0n) is 55.7. The number of aliphatic imine (C=N–C) groups is 1. The summed E-state index contributed by atoms with van der Waals surface area (Å²) < 4.78 is 41.7. The van der Waals surface area contributed by atoms with Gasteiger partial charge in [0.15, 0.2) is 0 Å². The van der Waals surface area contributed by atoms with Gasteiger partial charge in [-0.05, 0) is 186 Å². The number of imide groups is 1. The molecule has 4 aliphatic carbocycles. The fraction of sp³-hybridized carbons (Fsp3) is 0.887. The molecule has 0 aromatic heterocycles. The number of hydrogen-bond acceptors (Lipinski definition) is 10. The summed E-state index contributed by atoms with van der Waals surface area (Å²) in [4.78, 5) is 72.7. The van der Waals surface area contributed by atoms with E-state index < -0.39 is 29.8 Å². The molecule has 461 valence electrons. The molecule has 8 rings (SSSR count). The minimum Gasteiger partial charge on any atom is -1.00 e. The molecule has 4 heterocycles. The van der Waals surface area contributed by atoms with E-state index in [1.807, 2.05) is 27.7 Å². The first-order valence-electron chi connectivity index (χ1n) is 30.5. The second-order valence-corrected chi connectivity index (χ2v) is 27.5. The van der Waals surface area contributed by atoms with E-state index in [-0.39, 0.29) is 89.0 Å². The van der Waals surface area contributed by atoms with Crippen molar-refractivity contribution in [2.75, 3.05) is 26.2 Å². The van der Waals surface area contributed by atoms with E-state index in [1.54, 1.807) is 26.5 Å². The first kappa shape index (κ1) is 82.0. The Balaban J connectivity index is -0.000000294. The number of nitrogens with zero attached hydrogens (tertiary/aromatic N) is 2. The van der Waals surface area contributed by atoms with Crippen LogP contribution in [-0.2, 0) is 33.4 Å². The molecule has 0 bridgehead atoms. The maximum atomic E-state index is 12.0.